The zero-order valence-electron chi connectivity index (χ0n) is 28.4. The molecule has 0 heterocycles. The minimum absolute atomic E-state index is 0.191. The van der Waals surface area contributed by atoms with Crippen molar-refractivity contribution in [3.63, 3.8) is 0 Å². The van der Waals surface area contributed by atoms with Crippen LogP contribution in [0.2, 0.25) is 6.04 Å². The van der Waals surface area contributed by atoms with E-state index in [0.717, 1.165) is 13.2 Å². The number of carbonyl (C=O) groups excluding carboxylic acids is 1. The van der Waals surface area contributed by atoms with Crippen molar-refractivity contribution in [2.45, 2.75) is 92.4 Å². The highest BCUT2D eigenvalue weighted by atomic mass is 28.4. The number of alkyl halides is 17. The molecule has 0 aliphatic carbocycles. The molecule has 0 bridgehead atoms. The maximum atomic E-state index is 14.2. The molecule has 0 aliphatic heterocycles. The third kappa shape index (κ3) is 9.59. The van der Waals surface area contributed by atoms with Gasteiger partial charge in [-0.1, -0.05) is 0 Å². The number of carbonyl (C=O) groups is 1. The van der Waals surface area contributed by atoms with Gasteiger partial charge in [-0.25, -0.2) is 0 Å². The Kier molecular flexibility index (Phi) is 15.7. The summed E-state index contributed by atoms with van der Waals surface area (Å²) in [6, 6.07) is 1.65. The number of nitro groups is 1. The molecule has 0 amide bonds. The molecule has 0 aliphatic rings. The fourth-order valence-corrected chi connectivity index (χ4v) is 6.17. The van der Waals surface area contributed by atoms with Crippen LogP contribution in [0.4, 0.5) is 80.3 Å². The standard InChI is InChI=1S/C27H30F17NO9Si/c1-49-17-12-15(14-54-19(46)8-5-6-11-55(50-2,51-3)52-4)16(45(47)48)13-18(17)53-10-7-9-20(28,29)21(30,31)22(32,33)23(34,35)24(36,37)25(38,39)26(40,41)27(42,43)44/h12-13H,5-11,14H2,1-4H3. The number of methoxy groups -OCH3 is 1. The van der Waals surface area contributed by atoms with Crippen LogP contribution in [0.1, 0.15) is 37.7 Å². The summed E-state index contributed by atoms with van der Waals surface area (Å²) in [5.74, 6) is -59.3. The number of nitro benzene ring substituents is 1. The summed E-state index contributed by atoms with van der Waals surface area (Å²) in [4.78, 5) is 22.7. The molecule has 320 valence electrons. The molecule has 0 saturated heterocycles. The van der Waals surface area contributed by atoms with E-state index in [0.29, 0.717) is 18.5 Å². The minimum Gasteiger partial charge on any atom is -0.493 e. The van der Waals surface area contributed by atoms with E-state index >= 15 is 0 Å². The number of esters is 1. The lowest BCUT2D eigenvalue weighted by molar-refractivity contribution is -0.461. The highest BCUT2D eigenvalue weighted by Gasteiger charge is 2.95. The van der Waals surface area contributed by atoms with E-state index in [1.807, 2.05) is 0 Å². The molecule has 0 saturated carbocycles. The largest absolute Gasteiger partial charge is 0.500 e. The van der Waals surface area contributed by atoms with E-state index in [2.05, 4.69) is 0 Å². The lowest BCUT2D eigenvalue weighted by Gasteiger charge is -2.42. The number of nitrogens with zero attached hydrogens (tertiary/aromatic N) is 1. The first-order chi connectivity index (χ1) is 24.8. The third-order valence-electron chi connectivity index (χ3n) is 7.68. The van der Waals surface area contributed by atoms with Crippen molar-refractivity contribution in [2.75, 3.05) is 35.0 Å². The number of hydrogen-bond acceptors (Lipinski definition) is 9. The van der Waals surface area contributed by atoms with Gasteiger partial charge in [-0.15, -0.1) is 0 Å². The Hall–Kier alpha value is -3.40. The average Bonchev–Trinajstić information content (AvgIpc) is 3.08. The highest BCUT2D eigenvalue weighted by molar-refractivity contribution is 6.60. The molecule has 0 fully saturated rings. The third-order valence-corrected chi connectivity index (χ3v) is 10.5. The van der Waals surface area contributed by atoms with Gasteiger partial charge in [-0.05, 0) is 25.3 Å². The normalized spacial score (nSPS) is 14.2. The molecule has 28 heteroatoms. The Bertz CT molecular complexity index is 1470. The fourth-order valence-electron chi connectivity index (χ4n) is 4.38. The highest BCUT2D eigenvalue weighted by Crippen LogP contribution is 2.64. The van der Waals surface area contributed by atoms with Gasteiger partial charge in [0.05, 0.1) is 30.3 Å². The quantitative estimate of drug-likeness (QED) is 0.0266. The van der Waals surface area contributed by atoms with Crippen LogP contribution in [-0.2, 0) is 29.4 Å². The van der Waals surface area contributed by atoms with E-state index in [-0.39, 0.29) is 18.4 Å². The second kappa shape index (κ2) is 17.4. The molecule has 10 nitrogen and oxygen atoms in total. The average molecular weight is 864 g/mol. The second-order valence-corrected chi connectivity index (χ2v) is 14.2. The van der Waals surface area contributed by atoms with E-state index in [9.17, 15) is 89.5 Å². The molecule has 0 spiro atoms. The van der Waals surface area contributed by atoms with Gasteiger partial charge >= 0.3 is 62.4 Å². The van der Waals surface area contributed by atoms with Crippen molar-refractivity contribution in [1.82, 2.24) is 0 Å². The predicted molar refractivity (Wildman–Crippen MR) is 150 cm³/mol. The van der Waals surface area contributed by atoms with Crippen molar-refractivity contribution in [3.8, 4) is 11.5 Å². The Morgan fingerprint density at radius 1 is 0.673 bits per heavy atom. The number of unbranched alkanes of at least 4 members (excludes halogenated alkanes) is 1. The smallest absolute Gasteiger partial charge is 0.493 e. The SMILES string of the molecule is COc1cc(COC(=O)CCCC[Si](OC)(OC)OC)c([N+](=O)[O-])cc1OCCCC(F)(F)C(F)(F)C(F)(F)C(F)(F)C(F)(F)C(F)(F)C(F)(F)C(F)(F)F. The number of ether oxygens (including phenoxy) is 3. The van der Waals surface area contributed by atoms with E-state index in [1.165, 1.54) is 21.3 Å². The molecule has 0 N–H and O–H groups in total. The van der Waals surface area contributed by atoms with Crippen LogP contribution in [0.5, 0.6) is 11.5 Å². The molecule has 0 aromatic heterocycles. The van der Waals surface area contributed by atoms with Crippen LogP contribution in [0.15, 0.2) is 12.1 Å². The van der Waals surface area contributed by atoms with Gasteiger partial charge in [0, 0.05) is 40.2 Å². The summed E-state index contributed by atoms with van der Waals surface area (Å²) >= 11 is 0. The maximum Gasteiger partial charge on any atom is 0.500 e. The molecule has 1 aromatic rings. The zero-order valence-corrected chi connectivity index (χ0v) is 29.4. The van der Waals surface area contributed by atoms with Crippen LogP contribution in [0.25, 0.3) is 0 Å². The summed E-state index contributed by atoms with van der Waals surface area (Å²) in [5, 5.41) is 11.6. The maximum absolute atomic E-state index is 14.2. The Labute approximate surface area is 299 Å². The van der Waals surface area contributed by atoms with Crippen molar-refractivity contribution < 1.29 is 112 Å². The Balaban J connectivity index is 3.12. The number of rotatable bonds is 23. The Morgan fingerprint density at radius 3 is 1.58 bits per heavy atom. The summed E-state index contributed by atoms with van der Waals surface area (Å²) in [5.41, 5.74) is -1.26. The molecular weight excluding hydrogens is 833 g/mol. The molecule has 55 heavy (non-hydrogen) atoms. The van der Waals surface area contributed by atoms with Crippen LogP contribution < -0.4 is 9.47 Å². The predicted octanol–water partition coefficient (Wildman–Crippen LogP) is 8.86. The number of hydrogen-bond donors (Lipinski definition) is 0. The summed E-state index contributed by atoms with van der Waals surface area (Å²) in [6.07, 6.45) is -11.9. The van der Waals surface area contributed by atoms with Gasteiger partial charge in [0.15, 0.2) is 11.5 Å². The lowest BCUT2D eigenvalue weighted by Crippen LogP contribution is -2.74. The summed E-state index contributed by atoms with van der Waals surface area (Å²) in [7, 11) is 2.04. The first-order valence-corrected chi connectivity index (χ1v) is 16.7. The molecular formula is C27H30F17NO9Si. The van der Waals surface area contributed by atoms with Crippen LogP contribution in [0.3, 0.4) is 0 Å². The van der Waals surface area contributed by atoms with Crippen molar-refractivity contribution in [3.05, 3.63) is 27.8 Å². The van der Waals surface area contributed by atoms with Crippen LogP contribution in [0, 0.1) is 10.1 Å². The van der Waals surface area contributed by atoms with Crippen molar-refractivity contribution in [2.24, 2.45) is 0 Å². The number of halogens is 17. The second-order valence-electron chi connectivity index (χ2n) is 11.2. The van der Waals surface area contributed by atoms with Gasteiger partial charge in [-0.2, -0.15) is 74.6 Å². The van der Waals surface area contributed by atoms with Crippen LogP contribution >= 0.6 is 0 Å². The van der Waals surface area contributed by atoms with E-state index in [1.54, 1.807) is 0 Å². The van der Waals surface area contributed by atoms with Crippen LogP contribution in [-0.4, -0.2) is 102 Å². The molecule has 1 aromatic carbocycles. The Morgan fingerprint density at radius 2 is 1.15 bits per heavy atom. The summed E-state index contributed by atoms with van der Waals surface area (Å²) < 4.78 is 260. The van der Waals surface area contributed by atoms with Gasteiger partial charge in [-0.3, -0.25) is 14.9 Å². The molecule has 0 radical (unpaired) electrons. The fraction of sp³-hybridized carbons (Fsp3) is 0.741. The van der Waals surface area contributed by atoms with Gasteiger partial charge in [0.25, 0.3) is 5.69 Å². The molecule has 0 atom stereocenters. The van der Waals surface area contributed by atoms with E-state index in [4.69, 9.17) is 27.5 Å². The molecule has 1 rings (SSSR count). The lowest BCUT2D eigenvalue weighted by atomic mass is 9.88. The topological polar surface area (TPSA) is 116 Å². The van der Waals surface area contributed by atoms with E-state index < -0.39 is 111 Å². The van der Waals surface area contributed by atoms with Gasteiger partial charge in [0.2, 0.25) is 0 Å². The first kappa shape index (κ1) is 49.6. The van der Waals surface area contributed by atoms with Gasteiger partial charge in [0.1, 0.15) is 6.61 Å². The van der Waals surface area contributed by atoms with Crippen molar-refractivity contribution >= 4 is 20.5 Å². The van der Waals surface area contributed by atoms with Gasteiger partial charge < -0.3 is 27.5 Å². The number of benzene rings is 1. The monoisotopic (exact) mass is 863 g/mol. The minimum atomic E-state index is -8.74. The first-order valence-electron chi connectivity index (χ1n) is 14.8. The zero-order chi connectivity index (χ0) is 43.3. The van der Waals surface area contributed by atoms with Crippen molar-refractivity contribution in [1.29, 1.82) is 0 Å². The summed E-state index contributed by atoms with van der Waals surface area (Å²) in [6.45, 7) is -2.14. The molecule has 0 unspecified atom stereocenters.